The first-order valence-corrected chi connectivity index (χ1v) is 9.68. The zero-order valence-corrected chi connectivity index (χ0v) is 15.5. The third-order valence-corrected chi connectivity index (χ3v) is 7.97. The standard InChI is InChI=1S/C21H36O/c1-6-7-13-22-17(3)14-16(2)21-11-8-10-20(5)18(21)9-12-19(20,4)15-21/h14,17-18H,6-13,15H2,1-5H3/b16-14+. The molecule has 22 heavy (non-hydrogen) atoms. The van der Waals surface area contributed by atoms with E-state index in [1.807, 2.05) is 0 Å². The van der Waals surface area contributed by atoms with Gasteiger partial charge in [0.1, 0.15) is 0 Å². The van der Waals surface area contributed by atoms with Crippen LogP contribution in [0.5, 0.6) is 0 Å². The van der Waals surface area contributed by atoms with Gasteiger partial charge in [0.25, 0.3) is 0 Å². The van der Waals surface area contributed by atoms with Gasteiger partial charge >= 0.3 is 0 Å². The van der Waals surface area contributed by atoms with Gasteiger partial charge in [0.2, 0.25) is 0 Å². The summed E-state index contributed by atoms with van der Waals surface area (Å²) in [4.78, 5) is 0. The van der Waals surface area contributed by atoms with Crippen molar-refractivity contribution in [2.75, 3.05) is 6.61 Å². The lowest BCUT2D eigenvalue weighted by Gasteiger charge is -2.46. The van der Waals surface area contributed by atoms with Crippen molar-refractivity contribution < 1.29 is 4.74 Å². The first-order valence-electron chi connectivity index (χ1n) is 9.68. The molecule has 126 valence electrons. The molecule has 0 aromatic rings. The van der Waals surface area contributed by atoms with Crippen molar-refractivity contribution in [3.63, 3.8) is 0 Å². The van der Waals surface area contributed by atoms with Crippen molar-refractivity contribution in [2.45, 2.75) is 92.1 Å². The number of allylic oxidation sites excluding steroid dienone is 1. The lowest BCUT2D eigenvalue weighted by Crippen LogP contribution is -2.37. The van der Waals surface area contributed by atoms with E-state index in [2.05, 4.69) is 40.7 Å². The van der Waals surface area contributed by atoms with Crippen LogP contribution in [0.3, 0.4) is 0 Å². The Kier molecular flexibility index (Phi) is 4.25. The van der Waals surface area contributed by atoms with E-state index < -0.39 is 0 Å². The van der Waals surface area contributed by atoms with Crippen molar-refractivity contribution in [1.29, 1.82) is 0 Å². The summed E-state index contributed by atoms with van der Waals surface area (Å²) in [6.07, 6.45) is 13.8. The number of rotatable bonds is 6. The van der Waals surface area contributed by atoms with E-state index in [1.165, 1.54) is 51.4 Å². The smallest absolute Gasteiger partial charge is 0.0730 e. The normalized spacial score (nSPS) is 45.3. The Balaban J connectivity index is 1.79. The van der Waals surface area contributed by atoms with Crippen LogP contribution in [0.4, 0.5) is 0 Å². The van der Waals surface area contributed by atoms with Gasteiger partial charge in [-0.25, -0.2) is 0 Å². The molecule has 3 fully saturated rings. The number of hydrogen-bond acceptors (Lipinski definition) is 1. The highest BCUT2D eigenvalue weighted by Gasteiger charge is 2.70. The van der Waals surface area contributed by atoms with E-state index in [4.69, 9.17) is 4.74 Å². The molecule has 3 saturated carbocycles. The molecule has 0 heterocycles. The van der Waals surface area contributed by atoms with Crippen LogP contribution in [0.2, 0.25) is 0 Å². The second-order valence-corrected chi connectivity index (χ2v) is 9.03. The predicted molar refractivity (Wildman–Crippen MR) is 93.9 cm³/mol. The van der Waals surface area contributed by atoms with Crippen LogP contribution in [0, 0.1) is 22.2 Å². The van der Waals surface area contributed by atoms with Crippen LogP contribution < -0.4 is 0 Å². The van der Waals surface area contributed by atoms with Gasteiger partial charge < -0.3 is 4.74 Å². The Morgan fingerprint density at radius 3 is 2.77 bits per heavy atom. The molecule has 0 aliphatic heterocycles. The van der Waals surface area contributed by atoms with Gasteiger partial charge in [0, 0.05) is 6.61 Å². The van der Waals surface area contributed by atoms with Crippen molar-refractivity contribution in [2.24, 2.45) is 22.2 Å². The van der Waals surface area contributed by atoms with E-state index in [0.717, 1.165) is 12.5 Å². The van der Waals surface area contributed by atoms with Crippen molar-refractivity contribution >= 4 is 0 Å². The summed E-state index contributed by atoms with van der Waals surface area (Å²) in [5.41, 5.74) is 3.35. The molecule has 1 nitrogen and oxygen atoms in total. The van der Waals surface area contributed by atoms with E-state index in [-0.39, 0.29) is 6.10 Å². The monoisotopic (exact) mass is 304 g/mol. The summed E-state index contributed by atoms with van der Waals surface area (Å²) in [6.45, 7) is 13.0. The van der Waals surface area contributed by atoms with Crippen molar-refractivity contribution in [3.05, 3.63) is 11.6 Å². The van der Waals surface area contributed by atoms with Crippen LogP contribution in [0.1, 0.15) is 86.0 Å². The van der Waals surface area contributed by atoms with Crippen LogP contribution in [-0.2, 0) is 4.74 Å². The zero-order chi connectivity index (χ0) is 16.0. The molecule has 0 radical (unpaired) electrons. The first kappa shape index (κ1) is 16.6. The maximum atomic E-state index is 6.00. The summed E-state index contributed by atoms with van der Waals surface area (Å²) in [7, 11) is 0. The lowest BCUT2D eigenvalue weighted by atomic mass is 9.59. The summed E-state index contributed by atoms with van der Waals surface area (Å²) in [5, 5.41) is 0. The summed E-state index contributed by atoms with van der Waals surface area (Å²) in [6, 6.07) is 0. The molecule has 5 atom stereocenters. The first-order chi connectivity index (χ1) is 10.4. The number of ether oxygens (including phenoxy) is 1. The summed E-state index contributed by atoms with van der Waals surface area (Å²) < 4.78 is 6.00. The van der Waals surface area contributed by atoms with Gasteiger partial charge in [0.05, 0.1) is 6.10 Å². The fourth-order valence-corrected chi connectivity index (χ4v) is 6.58. The maximum absolute atomic E-state index is 6.00. The fourth-order valence-electron chi connectivity index (χ4n) is 6.58. The van der Waals surface area contributed by atoms with E-state index in [9.17, 15) is 0 Å². The second kappa shape index (κ2) is 5.65. The van der Waals surface area contributed by atoms with Crippen molar-refractivity contribution in [1.82, 2.24) is 0 Å². The summed E-state index contributed by atoms with van der Waals surface area (Å²) in [5.74, 6) is 0.929. The SMILES string of the molecule is CCCCOC(C)/C=C(\C)C12CCCC3(C)C1CCC3(C)C2. The fraction of sp³-hybridized carbons (Fsp3) is 0.905. The molecule has 3 aliphatic rings. The zero-order valence-electron chi connectivity index (χ0n) is 15.5. The molecule has 4 bridgehead atoms. The highest BCUT2D eigenvalue weighted by Crippen LogP contribution is 2.78. The largest absolute Gasteiger partial charge is 0.374 e. The molecule has 5 unspecified atom stereocenters. The average Bonchev–Trinajstić information content (AvgIpc) is 2.77. The van der Waals surface area contributed by atoms with Crippen LogP contribution in [0.25, 0.3) is 0 Å². The van der Waals surface area contributed by atoms with Crippen LogP contribution >= 0.6 is 0 Å². The highest BCUT2D eigenvalue weighted by atomic mass is 16.5. The van der Waals surface area contributed by atoms with Gasteiger partial charge in [-0.05, 0) is 74.5 Å². The van der Waals surface area contributed by atoms with Gasteiger partial charge in [0.15, 0.2) is 0 Å². The van der Waals surface area contributed by atoms with Crippen molar-refractivity contribution in [3.8, 4) is 0 Å². The van der Waals surface area contributed by atoms with Gasteiger partial charge in [-0.2, -0.15) is 0 Å². The highest BCUT2D eigenvalue weighted by molar-refractivity contribution is 5.29. The number of hydrogen-bond donors (Lipinski definition) is 0. The lowest BCUT2D eigenvalue weighted by molar-refractivity contribution is 0.0683. The predicted octanol–water partition coefficient (Wildman–Crippen LogP) is 6.13. The van der Waals surface area contributed by atoms with E-state index >= 15 is 0 Å². The Morgan fingerprint density at radius 2 is 2.05 bits per heavy atom. The molecule has 0 aromatic heterocycles. The van der Waals surface area contributed by atoms with Gasteiger partial charge in [-0.3, -0.25) is 0 Å². The Labute approximate surface area is 137 Å². The minimum atomic E-state index is 0.279. The molecule has 3 aliphatic carbocycles. The quantitative estimate of drug-likeness (QED) is 0.423. The topological polar surface area (TPSA) is 9.23 Å². The molecule has 0 amide bonds. The molecule has 0 N–H and O–H groups in total. The minimum Gasteiger partial charge on any atom is -0.374 e. The Hall–Kier alpha value is -0.300. The van der Waals surface area contributed by atoms with Crippen LogP contribution in [0.15, 0.2) is 11.6 Å². The van der Waals surface area contributed by atoms with Gasteiger partial charge in [-0.1, -0.05) is 45.3 Å². The molecule has 0 aromatic carbocycles. The third-order valence-electron chi connectivity index (χ3n) is 7.97. The molecule has 0 saturated heterocycles. The maximum Gasteiger partial charge on any atom is 0.0730 e. The Morgan fingerprint density at radius 1 is 1.27 bits per heavy atom. The molecular formula is C21H36O. The Bertz CT molecular complexity index is 453. The van der Waals surface area contributed by atoms with E-state index in [1.54, 1.807) is 5.57 Å². The van der Waals surface area contributed by atoms with Gasteiger partial charge in [-0.15, -0.1) is 0 Å². The average molecular weight is 305 g/mol. The minimum absolute atomic E-state index is 0.279. The molecule has 3 rings (SSSR count). The second-order valence-electron chi connectivity index (χ2n) is 9.03. The van der Waals surface area contributed by atoms with E-state index in [0.29, 0.717) is 16.2 Å². The summed E-state index contributed by atoms with van der Waals surface area (Å²) >= 11 is 0. The third kappa shape index (κ3) is 2.22. The van der Waals surface area contributed by atoms with Crippen LogP contribution in [-0.4, -0.2) is 12.7 Å². The molecule has 1 heteroatoms. The molecular weight excluding hydrogens is 268 g/mol. The number of unbranched alkanes of at least 4 members (excludes halogenated alkanes) is 1. The molecule has 0 spiro atoms.